The molecule has 0 saturated carbocycles. The molecule has 4 aromatic rings. The van der Waals surface area contributed by atoms with E-state index in [1.807, 2.05) is 53.1 Å². The highest BCUT2D eigenvalue weighted by atomic mass is 16.5. The Balaban J connectivity index is 1.84. The van der Waals surface area contributed by atoms with Crippen molar-refractivity contribution in [3.8, 4) is 16.8 Å². The highest BCUT2D eigenvalue weighted by Crippen LogP contribution is 2.24. The van der Waals surface area contributed by atoms with Crippen LogP contribution in [0, 0.1) is 5.21 Å². The third kappa shape index (κ3) is 2.09. The quantitative estimate of drug-likeness (QED) is 0.421. The van der Waals surface area contributed by atoms with Crippen LogP contribution in [0.15, 0.2) is 73.6 Å². The molecule has 0 N–H and O–H groups in total. The molecule has 0 aliphatic rings. The second-order valence-corrected chi connectivity index (χ2v) is 4.99. The minimum atomic E-state index is 0.697. The fourth-order valence-corrected chi connectivity index (χ4v) is 2.52. The summed E-state index contributed by atoms with van der Waals surface area (Å²) in [5.74, 6) is 0. The van der Waals surface area contributed by atoms with Gasteiger partial charge in [-0.1, -0.05) is 29.2 Å². The summed E-state index contributed by atoms with van der Waals surface area (Å²) in [5, 5.41) is 11.4. The molecular formula is C17H12N4O. The summed E-state index contributed by atoms with van der Waals surface area (Å²) in [6, 6.07) is 16.0. The SMILES string of the molecule is [O-][n+]1cncc(-c2ccc3c(c2)ncn3-c2ccccc2)c1. The predicted octanol–water partition coefficient (Wildman–Crippen LogP) is 2.72. The molecule has 4 rings (SSSR count). The van der Waals surface area contributed by atoms with Crippen LogP contribution in [0.4, 0.5) is 0 Å². The lowest BCUT2D eigenvalue weighted by atomic mass is 10.1. The van der Waals surface area contributed by atoms with E-state index in [9.17, 15) is 5.21 Å². The molecule has 2 aromatic heterocycles. The fraction of sp³-hybridized carbons (Fsp3) is 0. The zero-order chi connectivity index (χ0) is 14.9. The van der Waals surface area contributed by atoms with Crippen molar-refractivity contribution in [3.05, 3.63) is 78.8 Å². The molecule has 0 aliphatic heterocycles. The molecule has 0 unspecified atom stereocenters. The summed E-state index contributed by atoms with van der Waals surface area (Å²) in [4.78, 5) is 8.38. The molecular weight excluding hydrogens is 276 g/mol. The van der Waals surface area contributed by atoms with Gasteiger partial charge in [-0.3, -0.25) is 4.57 Å². The van der Waals surface area contributed by atoms with E-state index >= 15 is 0 Å². The number of rotatable bonds is 2. The maximum absolute atomic E-state index is 11.4. The average molecular weight is 288 g/mol. The van der Waals surface area contributed by atoms with Gasteiger partial charge in [-0.2, -0.15) is 0 Å². The Morgan fingerprint density at radius 3 is 2.68 bits per heavy atom. The third-order valence-corrected chi connectivity index (χ3v) is 3.58. The first kappa shape index (κ1) is 12.5. The van der Waals surface area contributed by atoms with Crippen molar-refractivity contribution in [2.24, 2.45) is 0 Å². The van der Waals surface area contributed by atoms with Crippen LogP contribution in [0.1, 0.15) is 0 Å². The van der Waals surface area contributed by atoms with Gasteiger partial charge in [-0.15, -0.1) is 0 Å². The Hall–Kier alpha value is -3.21. The van der Waals surface area contributed by atoms with E-state index in [2.05, 4.69) is 9.97 Å². The normalized spacial score (nSPS) is 10.9. The highest BCUT2D eigenvalue weighted by Gasteiger charge is 2.08. The summed E-state index contributed by atoms with van der Waals surface area (Å²) in [5.41, 5.74) is 4.66. The van der Waals surface area contributed by atoms with Gasteiger partial charge < -0.3 is 5.21 Å². The Labute approximate surface area is 126 Å². The lowest BCUT2D eigenvalue weighted by molar-refractivity contribution is -0.608. The first-order chi connectivity index (χ1) is 10.8. The lowest BCUT2D eigenvalue weighted by Gasteiger charge is -2.05. The van der Waals surface area contributed by atoms with Gasteiger partial charge in [0.2, 0.25) is 0 Å². The van der Waals surface area contributed by atoms with Crippen LogP contribution in [-0.4, -0.2) is 14.5 Å². The van der Waals surface area contributed by atoms with E-state index < -0.39 is 0 Å². The minimum absolute atomic E-state index is 0.697. The van der Waals surface area contributed by atoms with Crippen molar-refractivity contribution in [1.82, 2.24) is 14.5 Å². The van der Waals surface area contributed by atoms with Crippen LogP contribution in [0.3, 0.4) is 0 Å². The second-order valence-electron chi connectivity index (χ2n) is 4.99. The van der Waals surface area contributed by atoms with E-state index in [4.69, 9.17) is 0 Å². The van der Waals surface area contributed by atoms with E-state index in [-0.39, 0.29) is 0 Å². The van der Waals surface area contributed by atoms with Gasteiger partial charge >= 0.3 is 0 Å². The zero-order valence-corrected chi connectivity index (χ0v) is 11.6. The van der Waals surface area contributed by atoms with Crippen molar-refractivity contribution in [3.63, 3.8) is 0 Å². The fourth-order valence-electron chi connectivity index (χ4n) is 2.52. The lowest BCUT2D eigenvalue weighted by Crippen LogP contribution is -2.25. The molecule has 0 fully saturated rings. The smallest absolute Gasteiger partial charge is 0.289 e. The molecule has 2 heterocycles. The molecule has 5 nitrogen and oxygen atoms in total. The number of hydrogen-bond donors (Lipinski definition) is 0. The number of fused-ring (bicyclic) bond motifs is 1. The molecule has 0 spiro atoms. The summed E-state index contributed by atoms with van der Waals surface area (Å²) in [6.45, 7) is 0. The number of para-hydroxylation sites is 1. The Bertz CT molecular complexity index is 947. The number of imidazole rings is 1. The van der Waals surface area contributed by atoms with Crippen LogP contribution in [0.25, 0.3) is 27.8 Å². The van der Waals surface area contributed by atoms with Gasteiger partial charge in [0.25, 0.3) is 6.33 Å². The van der Waals surface area contributed by atoms with Crippen LogP contribution < -0.4 is 4.73 Å². The van der Waals surface area contributed by atoms with Crippen LogP contribution in [-0.2, 0) is 0 Å². The number of aromatic nitrogens is 4. The summed E-state index contributed by atoms with van der Waals surface area (Å²) < 4.78 is 2.73. The van der Waals surface area contributed by atoms with Gasteiger partial charge in [-0.05, 0) is 29.8 Å². The monoisotopic (exact) mass is 288 g/mol. The number of nitrogens with zero attached hydrogens (tertiary/aromatic N) is 4. The Kier molecular flexibility index (Phi) is 2.83. The number of benzene rings is 2. The standard InChI is InChI=1S/C17H12N4O/c22-20-10-14(9-18-11-20)13-6-7-17-16(8-13)19-12-21(17)15-4-2-1-3-5-15/h1-12H. The third-order valence-electron chi connectivity index (χ3n) is 3.58. The molecule has 0 amide bonds. The summed E-state index contributed by atoms with van der Waals surface area (Å²) >= 11 is 0. The molecule has 0 atom stereocenters. The molecule has 22 heavy (non-hydrogen) atoms. The maximum atomic E-state index is 11.4. The first-order valence-corrected chi connectivity index (χ1v) is 6.88. The van der Waals surface area contributed by atoms with E-state index in [0.29, 0.717) is 4.73 Å². The van der Waals surface area contributed by atoms with E-state index in [1.165, 1.54) is 12.5 Å². The van der Waals surface area contributed by atoms with Crippen LogP contribution >= 0.6 is 0 Å². The van der Waals surface area contributed by atoms with Crippen molar-refractivity contribution in [2.75, 3.05) is 0 Å². The van der Waals surface area contributed by atoms with Crippen LogP contribution in [0.2, 0.25) is 0 Å². The minimum Gasteiger partial charge on any atom is -0.711 e. The molecule has 0 saturated heterocycles. The van der Waals surface area contributed by atoms with Gasteiger partial charge in [0.15, 0.2) is 6.20 Å². The van der Waals surface area contributed by atoms with Gasteiger partial charge in [-0.25, -0.2) is 9.71 Å². The maximum Gasteiger partial charge on any atom is 0.289 e. The topological polar surface area (TPSA) is 57.6 Å². The predicted molar refractivity (Wildman–Crippen MR) is 83.3 cm³/mol. The van der Waals surface area contributed by atoms with Crippen molar-refractivity contribution in [1.29, 1.82) is 0 Å². The Morgan fingerprint density at radius 1 is 1.00 bits per heavy atom. The van der Waals surface area contributed by atoms with Gasteiger partial charge in [0.1, 0.15) is 12.5 Å². The second kappa shape index (κ2) is 4.96. The summed E-state index contributed by atoms with van der Waals surface area (Å²) in [6.07, 6.45) is 6.21. The molecule has 0 radical (unpaired) electrons. The van der Waals surface area contributed by atoms with Crippen molar-refractivity contribution < 1.29 is 4.73 Å². The molecule has 2 aromatic carbocycles. The summed E-state index contributed by atoms with van der Waals surface area (Å²) in [7, 11) is 0. The largest absolute Gasteiger partial charge is 0.711 e. The molecule has 0 bridgehead atoms. The Morgan fingerprint density at radius 2 is 1.86 bits per heavy atom. The van der Waals surface area contributed by atoms with Crippen molar-refractivity contribution >= 4 is 11.0 Å². The van der Waals surface area contributed by atoms with Gasteiger partial charge in [0.05, 0.1) is 16.6 Å². The van der Waals surface area contributed by atoms with Crippen molar-refractivity contribution in [2.45, 2.75) is 0 Å². The first-order valence-electron chi connectivity index (χ1n) is 6.88. The molecule has 0 aliphatic carbocycles. The highest BCUT2D eigenvalue weighted by molar-refractivity contribution is 5.83. The van der Waals surface area contributed by atoms with E-state index in [1.54, 1.807) is 12.5 Å². The number of hydrogen-bond acceptors (Lipinski definition) is 3. The zero-order valence-electron chi connectivity index (χ0n) is 11.6. The average Bonchev–Trinajstić information content (AvgIpc) is 2.99. The van der Waals surface area contributed by atoms with Gasteiger partial charge in [0, 0.05) is 5.69 Å². The van der Waals surface area contributed by atoms with E-state index in [0.717, 1.165) is 27.8 Å². The molecule has 106 valence electrons. The molecule has 5 heteroatoms. The van der Waals surface area contributed by atoms with Crippen LogP contribution in [0.5, 0.6) is 0 Å².